The highest BCUT2D eigenvalue weighted by atomic mass is 19.2. The van der Waals surface area contributed by atoms with Crippen LogP contribution in [0.5, 0.6) is 5.75 Å². The molecule has 1 rings (SSSR count). The third-order valence-electron chi connectivity index (χ3n) is 4.46. The highest BCUT2D eigenvalue weighted by Gasteiger charge is 2.28. The second-order valence-electron chi connectivity index (χ2n) is 7.05. The fraction of sp³-hybridized carbons (Fsp3) is 0.450. The molecule has 1 aromatic rings. The minimum atomic E-state index is -2.32. The van der Waals surface area contributed by atoms with Crippen LogP contribution in [0, 0.1) is 40.4 Å². The third-order valence-corrected chi connectivity index (χ3v) is 4.46. The van der Waals surface area contributed by atoms with Gasteiger partial charge in [0.1, 0.15) is 0 Å². The molecule has 1 aromatic carbocycles. The number of allylic oxidation sites excluding steroid dienone is 2. The van der Waals surface area contributed by atoms with Gasteiger partial charge in [-0.2, -0.15) is 8.78 Å². The van der Waals surface area contributed by atoms with E-state index in [1.807, 2.05) is 13.8 Å². The quantitative estimate of drug-likeness (QED) is 0.0997. The second-order valence-corrected chi connectivity index (χ2v) is 7.05. The van der Waals surface area contributed by atoms with Crippen LogP contribution in [0.4, 0.5) is 22.0 Å². The zero-order valence-electron chi connectivity index (χ0n) is 15.8. The Morgan fingerprint density at radius 3 is 1.96 bits per heavy atom. The molecule has 0 radical (unpaired) electrons. The highest BCUT2D eigenvalue weighted by molar-refractivity contribution is 5.84. The molecular weight excluding hydrogens is 367 g/mol. The van der Waals surface area contributed by atoms with Crippen molar-refractivity contribution in [3.63, 3.8) is 0 Å². The Hall–Kier alpha value is -2.18. The minimum absolute atomic E-state index is 0.0221. The molecule has 0 N–H and O–H groups in total. The van der Waals surface area contributed by atoms with E-state index in [1.54, 1.807) is 0 Å². The van der Waals surface area contributed by atoms with E-state index < -0.39 is 40.8 Å². The molecule has 0 saturated heterocycles. The largest absolute Gasteiger partial charge is 0.417 e. The van der Waals surface area contributed by atoms with Crippen LogP contribution in [-0.4, -0.2) is 5.97 Å². The molecule has 0 amide bonds. The number of rotatable bonds is 8. The normalized spacial score (nSPS) is 13.1. The molecule has 7 heteroatoms. The van der Waals surface area contributed by atoms with Crippen molar-refractivity contribution in [2.45, 2.75) is 47.0 Å². The van der Waals surface area contributed by atoms with Crippen LogP contribution in [0.3, 0.4) is 0 Å². The summed E-state index contributed by atoms with van der Waals surface area (Å²) in [4.78, 5) is 11.8. The second kappa shape index (κ2) is 9.15. The van der Waals surface area contributed by atoms with Crippen molar-refractivity contribution in [1.29, 1.82) is 0 Å². The lowest BCUT2D eigenvalue weighted by atomic mass is 9.79. The first-order valence-corrected chi connectivity index (χ1v) is 8.54. The van der Waals surface area contributed by atoms with Crippen LogP contribution in [0.15, 0.2) is 24.3 Å². The van der Waals surface area contributed by atoms with Gasteiger partial charge in [0.15, 0.2) is 0 Å². The number of benzene rings is 1. The third kappa shape index (κ3) is 5.65. The average molecular weight is 390 g/mol. The Kier molecular flexibility index (Phi) is 7.75. The maximum Gasteiger partial charge on any atom is 0.336 e. The summed E-state index contributed by atoms with van der Waals surface area (Å²) in [5.74, 6) is -14.1. The molecule has 1 atom stereocenters. The van der Waals surface area contributed by atoms with Gasteiger partial charge in [-0.05, 0) is 24.2 Å². The summed E-state index contributed by atoms with van der Waals surface area (Å²) >= 11 is 0. The molecule has 1 unspecified atom stereocenters. The van der Waals surface area contributed by atoms with Gasteiger partial charge in [0.25, 0.3) is 0 Å². The van der Waals surface area contributed by atoms with E-state index in [0.29, 0.717) is 12.8 Å². The van der Waals surface area contributed by atoms with E-state index in [4.69, 9.17) is 0 Å². The van der Waals surface area contributed by atoms with Gasteiger partial charge in [-0.1, -0.05) is 52.3 Å². The molecule has 0 saturated carbocycles. The van der Waals surface area contributed by atoms with Crippen LogP contribution >= 0.6 is 0 Å². The summed E-state index contributed by atoms with van der Waals surface area (Å²) in [7, 11) is 0. The summed E-state index contributed by atoms with van der Waals surface area (Å²) < 4.78 is 70.7. The fourth-order valence-corrected chi connectivity index (χ4v) is 2.44. The molecule has 0 aliphatic rings. The van der Waals surface area contributed by atoms with Gasteiger partial charge in [0, 0.05) is 6.08 Å². The summed E-state index contributed by atoms with van der Waals surface area (Å²) in [6.07, 6.45) is 4.59. The maximum atomic E-state index is 13.5. The van der Waals surface area contributed by atoms with Crippen LogP contribution in [0.25, 0.3) is 0 Å². The molecule has 0 spiro atoms. The molecule has 0 aromatic heterocycles. The Balaban J connectivity index is 2.95. The van der Waals surface area contributed by atoms with Crippen LogP contribution < -0.4 is 4.74 Å². The molecule has 150 valence electrons. The van der Waals surface area contributed by atoms with Crippen molar-refractivity contribution in [2.24, 2.45) is 11.3 Å². The first kappa shape index (κ1) is 22.9. The molecule has 2 nitrogen and oxygen atoms in total. The van der Waals surface area contributed by atoms with Crippen LogP contribution in [0.2, 0.25) is 0 Å². The average Bonchev–Trinajstić information content (AvgIpc) is 2.62. The van der Waals surface area contributed by atoms with Gasteiger partial charge >= 0.3 is 5.97 Å². The fourth-order valence-electron chi connectivity index (χ4n) is 2.44. The van der Waals surface area contributed by atoms with Crippen LogP contribution in [0.1, 0.15) is 47.0 Å². The monoisotopic (exact) mass is 390 g/mol. The van der Waals surface area contributed by atoms with Crippen molar-refractivity contribution in [1.82, 2.24) is 0 Å². The lowest BCUT2D eigenvalue weighted by Gasteiger charge is -2.26. The lowest BCUT2D eigenvalue weighted by molar-refractivity contribution is -0.129. The summed E-state index contributed by atoms with van der Waals surface area (Å²) in [5.41, 5.74) is 0.887. The zero-order chi connectivity index (χ0) is 20.9. The summed E-state index contributed by atoms with van der Waals surface area (Å²) in [6, 6.07) is 0. The first-order chi connectivity index (χ1) is 12.4. The molecule has 27 heavy (non-hydrogen) atoms. The molecule has 0 fully saturated rings. The van der Waals surface area contributed by atoms with Crippen molar-refractivity contribution in [3.05, 3.63) is 53.4 Å². The van der Waals surface area contributed by atoms with Crippen molar-refractivity contribution < 1.29 is 31.5 Å². The van der Waals surface area contributed by atoms with Gasteiger partial charge in [-0.3, -0.25) is 0 Å². The Bertz CT molecular complexity index is 724. The van der Waals surface area contributed by atoms with E-state index >= 15 is 0 Å². The van der Waals surface area contributed by atoms with Crippen molar-refractivity contribution in [3.8, 4) is 5.75 Å². The Labute approximate surface area is 155 Å². The number of hydrogen-bond acceptors (Lipinski definition) is 2. The molecule has 0 bridgehead atoms. The SMILES string of the molecule is C=C(CC(C)(C)CC)C(/C=C/C(=O)Oc1c(F)c(F)c(F)c(F)c1F)CC. The van der Waals surface area contributed by atoms with Crippen LogP contribution in [-0.2, 0) is 4.79 Å². The van der Waals surface area contributed by atoms with Crippen molar-refractivity contribution in [2.75, 3.05) is 0 Å². The van der Waals surface area contributed by atoms with Gasteiger partial charge in [-0.25, -0.2) is 18.0 Å². The van der Waals surface area contributed by atoms with Gasteiger partial charge in [0.2, 0.25) is 34.8 Å². The Morgan fingerprint density at radius 1 is 1.04 bits per heavy atom. The van der Waals surface area contributed by atoms with E-state index in [9.17, 15) is 26.7 Å². The van der Waals surface area contributed by atoms with Gasteiger partial charge < -0.3 is 4.74 Å². The number of esters is 1. The molecule has 0 aliphatic carbocycles. The van der Waals surface area contributed by atoms with E-state index in [2.05, 4.69) is 25.2 Å². The molecular formula is C20H23F5O2. The van der Waals surface area contributed by atoms with E-state index in [-0.39, 0.29) is 11.3 Å². The van der Waals surface area contributed by atoms with Crippen molar-refractivity contribution >= 4 is 5.97 Å². The summed E-state index contributed by atoms with van der Waals surface area (Å²) in [6.45, 7) is 12.1. The van der Waals surface area contributed by atoms with Gasteiger partial charge in [0.05, 0.1) is 0 Å². The van der Waals surface area contributed by atoms with E-state index in [1.165, 1.54) is 6.08 Å². The smallest absolute Gasteiger partial charge is 0.336 e. The number of hydrogen-bond donors (Lipinski definition) is 0. The number of ether oxygens (including phenoxy) is 1. The van der Waals surface area contributed by atoms with E-state index in [0.717, 1.165) is 18.1 Å². The summed E-state index contributed by atoms with van der Waals surface area (Å²) in [5, 5.41) is 0. The standard InChI is InChI=1S/C20H23F5O2/c1-6-12(11(3)10-20(4,5)7-2)8-9-13(26)27-19-17(24)15(22)14(21)16(23)18(19)25/h8-9,12H,3,6-7,10H2,1-2,4-5H3/b9-8+. The molecule has 0 heterocycles. The van der Waals surface area contributed by atoms with Gasteiger partial charge in [-0.15, -0.1) is 0 Å². The number of carbonyl (C=O) groups excluding carboxylic acids is 1. The lowest BCUT2D eigenvalue weighted by Crippen LogP contribution is -2.14. The minimum Gasteiger partial charge on any atom is -0.417 e. The Morgan fingerprint density at radius 2 is 1.52 bits per heavy atom. The topological polar surface area (TPSA) is 26.3 Å². The number of carbonyl (C=O) groups is 1. The predicted octanol–water partition coefficient (Wildman–Crippen LogP) is 6.25. The zero-order valence-corrected chi connectivity index (χ0v) is 15.8. The first-order valence-electron chi connectivity index (χ1n) is 8.54. The highest BCUT2D eigenvalue weighted by Crippen LogP contribution is 2.33. The maximum absolute atomic E-state index is 13.5. The number of halogens is 5. The predicted molar refractivity (Wildman–Crippen MR) is 92.6 cm³/mol. The molecule has 0 aliphatic heterocycles.